The Labute approximate surface area is 857 Å². The zero-order valence-corrected chi connectivity index (χ0v) is 87.4. The smallest absolute Gasteiger partial charge is 0.312 e. The van der Waals surface area contributed by atoms with Crippen molar-refractivity contribution >= 4 is 171 Å². The zero-order chi connectivity index (χ0) is 102. The van der Waals surface area contributed by atoms with Gasteiger partial charge >= 0.3 is 23.9 Å². The molecule has 8 atom stereocenters. The predicted octanol–water partition coefficient (Wildman–Crippen LogP) is 28.9. The van der Waals surface area contributed by atoms with Gasteiger partial charge in [-0.1, -0.05) is 365 Å². The van der Waals surface area contributed by atoms with Crippen molar-refractivity contribution in [3.05, 3.63) is 385 Å². The number of aromatic nitrogens is 1. The molecule has 0 amide bonds. The van der Waals surface area contributed by atoms with E-state index in [1.54, 1.807) is 67.7 Å². The first-order chi connectivity index (χ1) is 65.0. The lowest BCUT2D eigenvalue weighted by Gasteiger charge is -2.14. The van der Waals surface area contributed by atoms with Gasteiger partial charge in [0.2, 0.25) is 0 Å². The Bertz CT molecular complexity index is 5930. The molecule has 0 spiro atoms. The van der Waals surface area contributed by atoms with E-state index in [2.05, 4.69) is 40.4 Å². The molecule has 19 nitrogen and oxygen atoms in total. The molecule has 1 heterocycles. The molecule has 4 N–H and O–H groups in total. The van der Waals surface area contributed by atoms with Gasteiger partial charge < -0.3 is 34.6 Å². The molecule has 12 rings (SSSR count). The molecule has 0 radical (unpaired) electrons. The number of carbonyl (C=O) groups excluding carboxylic acids is 2. The van der Waals surface area contributed by atoms with Gasteiger partial charge in [-0.2, -0.15) is 22.1 Å². The highest BCUT2D eigenvalue weighted by molar-refractivity contribution is 7.86. The minimum absolute atomic E-state index is 0.0142. The van der Waals surface area contributed by atoms with E-state index in [9.17, 15) is 36.0 Å². The molecule has 0 aliphatic carbocycles. The van der Waals surface area contributed by atoms with Crippen molar-refractivity contribution in [2.24, 2.45) is 0 Å². The number of esters is 2. The second-order valence-corrected chi connectivity index (χ2v) is 38.5. The Morgan fingerprint density at radius 2 is 0.708 bits per heavy atom. The van der Waals surface area contributed by atoms with Crippen LogP contribution in [0, 0.1) is 11.3 Å². The maximum absolute atomic E-state index is 11.2. The van der Waals surface area contributed by atoms with Gasteiger partial charge in [-0.25, -0.2) is 0 Å². The number of ether oxygens (including phenoxy) is 3. The van der Waals surface area contributed by atoms with Crippen LogP contribution in [0.5, 0.6) is 5.75 Å². The van der Waals surface area contributed by atoms with Gasteiger partial charge in [-0.15, -0.1) is 0 Å². The number of carboxylic acids is 2. The first kappa shape index (κ1) is 122. The number of rotatable bonds is 30. The number of carboxylic acid groups (broad SMARTS) is 2. The van der Waals surface area contributed by atoms with E-state index >= 15 is 0 Å². The molecule has 0 saturated carbocycles. The van der Waals surface area contributed by atoms with Crippen LogP contribution in [-0.2, 0) is 70.1 Å². The Kier molecular flexibility index (Phi) is 59.6. The Balaban J connectivity index is 0.000000395. The van der Waals surface area contributed by atoms with Crippen LogP contribution in [0.4, 0.5) is 0 Å². The molecule has 8 unspecified atom stereocenters. The molecule has 12 aromatic rings. The lowest BCUT2D eigenvalue weighted by Crippen LogP contribution is -2.10. The van der Waals surface area contributed by atoms with E-state index in [4.69, 9.17) is 155 Å². The number of halogens is 10. The van der Waals surface area contributed by atoms with Crippen LogP contribution < -0.4 is 4.74 Å². The Morgan fingerprint density at radius 1 is 0.372 bits per heavy atom. The van der Waals surface area contributed by atoms with E-state index in [0.717, 1.165) is 107 Å². The third-order valence-corrected chi connectivity index (χ3v) is 24.9. The Hall–Kier alpha value is -9.36. The second-order valence-electron chi connectivity index (χ2n) is 31.2. The summed E-state index contributed by atoms with van der Waals surface area (Å²) in [5.41, 5.74) is 10.3. The van der Waals surface area contributed by atoms with Gasteiger partial charge in [0.05, 0.1) is 77.8 Å². The fourth-order valence-corrected chi connectivity index (χ4v) is 16.3. The van der Waals surface area contributed by atoms with Crippen LogP contribution in [0.15, 0.2) is 279 Å². The highest BCUT2D eigenvalue weighted by atomic mass is 35.5. The van der Waals surface area contributed by atoms with Gasteiger partial charge in [0, 0.05) is 93.3 Å². The summed E-state index contributed by atoms with van der Waals surface area (Å²) in [7, 11) is -4.00. The highest BCUT2D eigenvalue weighted by Crippen LogP contribution is 2.34. The van der Waals surface area contributed by atoms with Crippen molar-refractivity contribution in [2.45, 2.75) is 148 Å². The van der Waals surface area contributed by atoms with Gasteiger partial charge in [-0.3, -0.25) is 32.5 Å². The number of carbonyl (C=O) groups is 4. The third-order valence-electron chi connectivity index (χ3n) is 20.3. The van der Waals surface area contributed by atoms with Crippen LogP contribution >= 0.6 is 116 Å². The second kappa shape index (κ2) is 67.1. The number of nitriles is 1. The molecule has 31 heteroatoms. The van der Waals surface area contributed by atoms with Crippen molar-refractivity contribution in [2.75, 3.05) is 59.8 Å². The molecular formula is C106H118Cl10N2O17S2. The number of aliphatic hydroxyl groups excluding tert-OH is 2. The number of para-hydroxylation sites is 1. The molecule has 736 valence electrons. The zero-order valence-electron chi connectivity index (χ0n) is 78.2. The number of hydrogen-bond donors (Lipinski definition) is 4. The summed E-state index contributed by atoms with van der Waals surface area (Å²) in [5.74, 6) is -0.535. The van der Waals surface area contributed by atoms with Crippen LogP contribution in [0.1, 0.15) is 190 Å². The van der Waals surface area contributed by atoms with Crippen LogP contribution in [-0.4, -0.2) is 126 Å². The lowest BCUT2D eigenvalue weighted by molar-refractivity contribution is -0.142. The number of benzene rings is 11. The van der Waals surface area contributed by atoms with E-state index in [1.807, 2.05) is 247 Å². The quantitative estimate of drug-likeness (QED) is 0.0240. The summed E-state index contributed by atoms with van der Waals surface area (Å²) in [5, 5.41) is 51.0. The topological polar surface area (TPSA) is 300 Å². The van der Waals surface area contributed by atoms with E-state index in [0.29, 0.717) is 67.0 Å². The molecule has 0 aliphatic heterocycles. The summed E-state index contributed by atoms with van der Waals surface area (Å²) >= 11 is 59.4. The number of pyridine rings is 1. The number of methoxy groups -OCH3 is 2. The number of fused-ring (bicyclic) bond motifs is 1. The molecule has 0 saturated heterocycles. The molecule has 1 aromatic heterocycles. The minimum Gasteiger partial charge on any atom is -0.491 e. The number of aliphatic hydroxyl groups is 2. The molecule has 137 heavy (non-hydrogen) atoms. The van der Waals surface area contributed by atoms with E-state index < -0.39 is 32.2 Å². The van der Waals surface area contributed by atoms with Gasteiger partial charge in [0.25, 0.3) is 20.2 Å². The fraction of sp³-hybridized carbons (Fsp3) is 0.302. The first-order valence-electron chi connectivity index (χ1n) is 43.3. The highest BCUT2D eigenvalue weighted by Gasteiger charge is 2.20. The Morgan fingerprint density at radius 3 is 1.06 bits per heavy atom. The van der Waals surface area contributed by atoms with Crippen molar-refractivity contribution in [3.63, 3.8) is 0 Å². The predicted molar refractivity (Wildman–Crippen MR) is 560 cm³/mol. The van der Waals surface area contributed by atoms with E-state index in [1.165, 1.54) is 19.8 Å². The molecule has 11 aromatic carbocycles. The van der Waals surface area contributed by atoms with Crippen LogP contribution in [0.25, 0.3) is 10.9 Å². The standard InChI is InChI=1S/C19H18ClNO.C11H15ClO3S.C10H10ClN.C10H13ClO3S.2C10H11ClO2.C10H13ClO.C9H9ClO2.C9H11ClO.C8H7ClO2/c1-14(16-8-2-3-9-17(16)20)11-13-22-18-10-4-6-15-7-5-12-21-19(15)18;1-9(7-8-15-16(2,13)14)10-5-3-4-6-11(10)12;1-8(6-7-12)9-4-2-3-5-10(9)11;1-8(7-14-15(2,12)13)9-5-3-4-6-10(9)11;1-7(10(12)13-2)8-5-3-4-6-9(8)11;1-7(6-10(12)13)8-4-2-3-5-9(8)11;1-8(6-7-12)9-4-2-3-5-10(9)11;1-12-9(11)6-7-4-2-3-5-8(7)10;1-7(6-11)8-4-2-3-5-9(8)10;9-7-4-2-1-3-6(7)5-8(10)11/h2-10,12,14H,11,13H2,1H3;3-6,9H,7-8H2,1-2H3;2-5,8H,6H2,1H3;3-6,8H,7H2,1-2H3;3-7H,1-2H3;2-5,7H,6H2,1H3,(H,12,13);2-5,8,12H,6-7H2,1H3;2-5H,6H2,1H3;2-5,7,11H,6H2,1H3;1-4H,5H2,(H,10,11). The monoisotopic (exact) mass is 2100 g/mol. The van der Waals surface area contributed by atoms with Gasteiger partial charge in [0.15, 0.2) is 0 Å². The van der Waals surface area contributed by atoms with Crippen LogP contribution in [0.3, 0.4) is 0 Å². The van der Waals surface area contributed by atoms with Crippen molar-refractivity contribution in [1.29, 1.82) is 5.26 Å². The summed E-state index contributed by atoms with van der Waals surface area (Å²) in [6, 6.07) is 86.7. The SMILES string of the molecule is CC(CC#N)c1ccccc1Cl.CC(CC(=O)O)c1ccccc1Cl.CC(CCO)c1ccccc1Cl.CC(CCOS(C)(=O)=O)c1ccccc1Cl.CC(CCOc1cccc2cccnc12)c1ccccc1Cl.CC(CO)c1ccccc1Cl.CC(COS(C)(=O)=O)c1ccccc1Cl.COC(=O)C(C)c1ccccc1Cl.COC(=O)Cc1ccccc1Cl.O=C(O)Cc1ccccc1Cl. The van der Waals surface area contributed by atoms with Crippen molar-refractivity contribution < 1.29 is 79.0 Å². The summed E-state index contributed by atoms with van der Waals surface area (Å²) in [6.45, 7) is 17.0. The van der Waals surface area contributed by atoms with Gasteiger partial charge in [0.1, 0.15) is 11.3 Å². The first-order valence-corrected chi connectivity index (χ1v) is 50.7. The minimum atomic E-state index is -3.38. The fourth-order valence-electron chi connectivity index (χ4n) is 12.5. The maximum atomic E-state index is 11.2. The summed E-state index contributed by atoms with van der Waals surface area (Å²) in [4.78, 5) is 47.2. The lowest BCUT2D eigenvalue weighted by atomic mass is 9.98. The molecule has 0 fully saturated rings. The van der Waals surface area contributed by atoms with E-state index in [-0.39, 0.29) is 93.1 Å². The summed E-state index contributed by atoms with van der Waals surface area (Å²) < 4.78 is 67.6. The molecule has 0 bridgehead atoms. The number of nitrogens with zero attached hydrogens (tertiary/aromatic N) is 2. The number of aliphatic carboxylic acids is 2. The summed E-state index contributed by atoms with van der Waals surface area (Å²) in [6.07, 6.45) is 7.03. The average Bonchev–Trinajstić information content (AvgIpc) is 0.825. The van der Waals surface area contributed by atoms with Crippen molar-refractivity contribution in [3.8, 4) is 11.8 Å². The molecule has 0 aliphatic rings. The number of hydrogen-bond acceptors (Lipinski definition) is 17. The third kappa shape index (κ3) is 48.9. The normalized spacial score (nSPS) is 12.3. The average molecular weight is 2110 g/mol. The van der Waals surface area contributed by atoms with Crippen LogP contribution in [0.2, 0.25) is 50.2 Å². The molecular weight excluding hydrogens is 1990 g/mol. The van der Waals surface area contributed by atoms with Gasteiger partial charge in [-0.05, 0) is 184 Å². The van der Waals surface area contributed by atoms with Crippen molar-refractivity contribution in [1.82, 2.24) is 4.98 Å². The maximum Gasteiger partial charge on any atom is 0.312 e. The largest absolute Gasteiger partial charge is 0.491 e.